The summed E-state index contributed by atoms with van der Waals surface area (Å²) >= 11 is 7.51. The predicted molar refractivity (Wildman–Crippen MR) is 97.6 cm³/mol. The summed E-state index contributed by atoms with van der Waals surface area (Å²) in [4.78, 5) is 16.5. The molecule has 0 saturated heterocycles. The van der Waals surface area contributed by atoms with Crippen LogP contribution in [-0.2, 0) is 11.2 Å². The maximum Gasteiger partial charge on any atom is 0.226 e. The van der Waals surface area contributed by atoms with Gasteiger partial charge in [-0.25, -0.2) is 4.98 Å². The van der Waals surface area contributed by atoms with Gasteiger partial charge in [-0.3, -0.25) is 4.79 Å². The second-order valence-electron chi connectivity index (χ2n) is 5.19. The quantitative estimate of drug-likeness (QED) is 0.692. The molecule has 3 rings (SSSR count). The Hall–Kier alpha value is -2.37. The lowest BCUT2D eigenvalue weighted by molar-refractivity contribution is -0.116. The van der Waals surface area contributed by atoms with Gasteiger partial charge in [0.1, 0.15) is 5.75 Å². The number of carbonyl (C=O) groups is 1. The summed E-state index contributed by atoms with van der Waals surface area (Å²) in [5, 5.41) is 15.5. The van der Waals surface area contributed by atoms with Gasteiger partial charge >= 0.3 is 0 Å². The van der Waals surface area contributed by atoms with Crippen LogP contribution in [0, 0.1) is 0 Å². The number of para-hydroxylation sites is 1. The van der Waals surface area contributed by atoms with Crippen LogP contribution in [0.15, 0.2) is 53.9 Å². The van der Waals surface area contributed by atoms with Gasteiger partial charge in [-0.05, 0) is 24.1 Å². The summed E-state index contributed by atoms with van der Waals surface area (Å²) in [6, 6.07) is 14.5. The first-order chi connectivity index (χ1) is 11.6. The second-order valence-corrected chi connectivity index (χ2v) is 6.46. The number of nitrogens with zero attached hydrogens (tertiary/aromatic N) is 1. The molecule has 6 heteroatoms. The standard InChI is InChI=1S/C18H15ClN2O2S/c19-14-7-3-2-6-13(14)15-11-24-18(20-15)21-17(23)10-9-12-5-1-4-8-16(12)22/h1-8,11,22H,9-10H2,(H,20,21,23). The number of anilines is 1. The number of benzene rings is 2. The van der Waals surface area contributed by atoms with Crippen molar-refractivity contribution in [3.05, 3.63) is 64.5 Å². The highest BCUT2D eigenvalue weighted by Gasteiger charge is 2.11. The van der Waals surface area contributed by atoms with Crippen molar-refractivity contribution in [3.8, 4) is 17.0 Å². The van der Waals surface area contributed by atoms with Crippen molar-refractivity contribution in [2.75, 3.05) is 5.32 Å². The van der Waals surface area contributed by atoms with Crippen LogP contribution in [0.3, 0.4) is 0 Å². The molecule has 24 heavy (non-hydrogen) atoms. The van der Waals surface area contributed by atoms with E-state index in [1.165, 1.54) is 11.3 Å². The molecule has 0 aliphatic rings. The molecule has 1 heterocycles. The van der Waals surface area contributed by atoms with Crippen molar-refractivity contribution in [2.24, 2.45) is 0 Å². The zero-order valence-corrected chi connectivity index (χ0v) is 14.3. The Morgan fingerprint density at radius 1 is 1.17 bits per heavy atom. The minimum absolute atomic E-state index is 0.140. The molecule has 0 fully saturated rings. The Morgan fingerprint density at radius 2 is 1.92 bits per heavy atom. The monoisotopic (exact) mass is 358 g/mol. The number of halogens is 1. The Kier molecular flexibility index (Phi) is 5.13. The van der Waals surface area contributed by atoms with Crippen LogP contribution in [0.1, 0.15) is 12.0 Å². The van der Waals surface area contributed by atoms with Gasteiger partial charge in [-0.15, -0.1) is 11.3 Å². The molecule has 0 radical (unpaired) electrons. The summed E-state index contributed by atoms with van der Waals surface area (Å²) in [7, 11) is 0. The second kappa shape index (κ2) is 7.47. The molecule has 0 unspecified atom stereocenters. The van der Waals surface area contributed by atoms with Crippen LogP contribution in [-0.4, -0.2) is 16.0 Å². The number of hydrogen-bond donors (Lipinski definition) is 2. The fourth-order valence-electron chi connectivity index (χ4n) is 2.28. The van der Waals surface area contributed by atoms with Crippen molar-refractivity contribution in [1.29, 1.82) is 0 Å². The number of carbonyl (C=O) groups excluding carboxylic acids is 1. The maximum atomic E-state index is 12.1. The third-order valence-electron chi connectivity index (χ3n) is 3.51. The lowest BCUT2D eigenvalue weighted by Gasteiger charge is -2.04. The number of aromatic nitrogens is 1. The zero-order chi connectivity index (χ0) is 16.9. The molecule has 1 amide bonds. The van der Waals surface area contributed by atoms with Crippen LogP contribution in [0.5, 0.6) is 5.75 Å². The highest BCUT2D eigenvalue weighted by Crippen LogP contribution is 2.30. The summed E-state index contributed by atoms with van der Waals surface area (Å²) < 4.78 is 0. The van der Waals surface area contributed by atoms with Crippen molar-refractivity contribution < 1.29 is 9.90 Å². The summed E-state index contributed by atoms with van der Waals surface area (Å²) in [5.74, 6) is 0.0684. The van der Waals surface area contributed by atoms with E-state index >= 15 is 0 Å². The van der Waals surface area contributed by atoms with E-state index in [0.29, 0.717) is 16.6 Å². The van der Waals surface area contributed by atoms with Gasteiger partial charge in [0.05, 0.1) is 5.69 Å². The van der Waals surface area contributed by atoms with Crippen molar-refractivity contribution in [1.82, 2.24) is 4.98 Å². The first kappa shape index (κ1) is 16.5. The minimum atomic E-state index is -0.140. The van der Waals surface area contributed by atoms with Gasteiger partial charge < -0.3 is 10.4 Å². The van der Waals surface area contributed by atoms with Gasteiger partial charge in [0.2, 0.25) is 5.91 Å². The number of rotatable bonds is 5. The largest absolute Gasteiger partial charge is 0.508 e. The minimum Gasteiger partial charge on any atom is -0.508 e. The van der Waals surface area contributed by atoms with Crippen molar-refractivity contribution in [2.45, 2.75) is 12.8 Å². The summed E-state index contributed by atoms with van der Waals surface area (Å²) in [6.07, 6.45) is 0.750. The van der Waals surface area contributed by atoms with Gasteiger partial charge in [-0.1, -0.05) is 48.0 Å². The van der Waals surface area contributed by atoms with Gasteiger partial charge in [-0.2, -0.15) is 0 Å². The average Bonchev–Trinajstić information content (AvgIpc) is 3.03. The number of phenolic OH excluding ortho intramolecular Hbond substituents is 1. The first-order valence-electron chi connectivity index (χ1n) is 7.40. The smallest absolute Gasteiger partial charge is 0.226 e. The van der Waals surface area contributed by atoms with Crippen LogP contribution >= 0.6 is 22.9 Å². The molecule has 0 atom stereocenters. The molecule has 0 spiro atoms. The van der Waals surface area contributed by atoms with Crippen molar-refractivity contribution in [3.63, 3.8) is 0 Å². The molecule has 2 N–H and O–H groups in total. The number of nitrogens with one attached hydrogen (secondary N) is 1. The normalized spacial score (nSPS) is 10.5. The molecule has 0 aliphatic carbocycles. The SMILES string of the molecule is O=C(CCc1ccccc1O)Nc1nc(-c2ccccc2Cl)cs1. The van der Waals surface area contributed by atoms with E-state index < -0.39 is 0 Å². The summed E-state index contributed by atoms with van der Waals surface area (Å²) in [5.41, 5.74) is 2.33. The molecule has 0 bridgehead atoms. The number of phenols is 1. The number of aryl methyl sites for hydroxylation is 1. The van der Waals surface area contributed by atoms with Crippen LogP contribution in [0.4, 0.5) is 5.13 Å². The van der Waals surface area contributed by atoms with E-state index in [9.17, 15) is 9.90 Å². The van der Waals surface area contributed by atoms with Crippen LogP contribution in [0.2, 0.25) is 5.02 Å². The fourth-order valence-corrected chi connectivity index (χ4v) is 3.24. The van der Waals surface area contributed by atoms with Gasteiger partial charge in [0.15, 0.2) is 5.13 Å². The number of thiazole rings is 1. The molecule has 1 aromatic heterocycles. The van der Waals surface area contributed by atoms with E-state index in [2.05, 4.69) is 10.3 Å². The lowest BCUT2D eigenvalue weighted by Crippen LogP contribution is -2.12. The fraction of sp³-hybridized carbons (Fsp3) is 0.111. The van der Waals surface area contributed by atoms with E-state index in [4.69, 9.17) is 11.6 Å². The molecule has 2 aromatic carbocycles. The van der Waals surface area contributed by atoms with Crippen LogP contribution in [0.25, 0.3) is 11.3 Å². The Morgan fingerprint density at radius 3 is 2.71 bits per heavy atom. The number of aromatic hydroxyl groups is 1. The predicted octanol–water partition coefficient (Wildman–Crippen LogP) is 4.74. The van der Waals surface area contributed by atoms with E-state index in [-0.39, 0.29) is 18.1 Å². The first-order valence-corrected chi connectivity index (χ1v) is 8.66. The van der Waals surface area contributed by atoms with Gasteiger partial charge in [0.25, 0.3) is 0 Å². The third-order valence-corrected chi connectivity index (χ3v) is 4.60. The maximum absolute atomic E-state index is 12.1. The van der Waals surface area contributed by atoms with E-state index in [1.54, 1.807) is 18.2 Å². The molecule has 3 aromatic rings. The highest BCUT2D eigenvalue weighted by atomic mass is 35.5. The van der Waals surface area contributed by atoms with Gasteiger partial charge in [0, 0.05) is 22.4 Å². The van der Waals surface area contributed by atoms with E-state index in [0.717, 1.165) is 16.8 Å². The number of hydrogen-bond acceptors (Lipinski definition) is 4. The number of amides is 1. The van der Waals surface area contributed by atoms with Crippen molar-refractivity contribution >= 4 is 34.0 Å². The molecule has 0 aliphatic heterocycles. The Bertz CT molecular complexity index is 863. The van der Waals surface area contributed by atoms with E-state index in [1.807, 2.05) is 35.7 Å². The molecular formula is C18H15ClN2O2S. The Labute approximate surface area is 148 Å². The molecule has 122 valence electrons. The molecular weight excluding hydrogens is 344 g/mol. The zero-order valence-electron chi connectivity index (χ0n) is 12.7. The van der Waals surface area contributed by atoms with Crippen LogP contribution < -0.4 is 5.32 Å². The topological polar surface area (TPSA) is 62.2 Å². The Balaban J connectivity index is 1.62. The summed E-state index contributed by atoms with van der Waals surface area (Å²) in [6.45, 7) is 0. The highest BCUT2D eigenvalue weighted by molar-refractivity contribution is 7.14. The lowest BCUT2D eigenvalue weighted by atomic mass is 10.1. The molecule has 4 nitrogen and oxygen atoms in total. The molecule has 0 saturated carbocycles. The third kappa shape index (κ3) is 3.93. The average molecular weight is 359 g/mol.